The number of hydrogen-bond donors (Lipinski definition) is 1. The Morgan fingerprint density at radius 1 is 1.04 bits per heavy atom. The van der Waals surface area contributed by atoms with Crippen molar-refractivity contribution in [3.63, 3.8) is 0 Å². The highest BCUT2D eigenvalue weighted by Crippen LogP contribution is 2.41. The lowest BCUT2D eigenvalue weighted by atomic mass is 9.76. The van der Waals surface area contributed by atoms with E-state index >= 15 is 0 Å². The predicted octanol–water partition coefficient (Wildman–Crippen LogP) is 4.72. The zero-order valence-electron chi connectivity index (χ0n) is 15.1. The average molecular weight is 406 g/mol. The minimum Gasteiger partial charge on any atom is -0.484 e. The minimum absolute atomic E-state index is 0.173. The second-order valence-electron chi connectivity index (χ2n) is 6.60. The Labute approximate surface area is 168 Å². The SMILES string of the molecule is CCC(C)(Oc1ccc(Cl)cc1)C(O)(Cn1cncn1)c1ccc(Cl)cc1. The molecule has 0 spiro atoms. The number of aromatic nitrogens is 3. The monoisotopic (exact) mass is 405 g/mol. The van der Waals surface area contributed by atoms with Crippen molar-refractivity contribution in [2.24, 2.45) is 0 Å². The molecular weight excluding hydrogens is 385 g/mol. The maximum Gasteiger partial charge on any atom is 0.148 e. The second-order valence-corrected chi connectivity index (χ2v) is 7.47. The molecule has 3 rings (SSSR count). The lowest BCUT2D eigenvalue weighted by Crippen LogP contribution is -2.55. The van der Waals surface area contributed by atoms with Gasteiger partial charge in [0, 0.05) is 10.0 Å². The van der Waals surface area contributed by atoms with Crippen molar-refractivity contribution in [1.29, 1.82) is 0 Å². The van der Waals surface area contributed by atoms with Crippen molar-refractivity contribution in [1.82, 2.24) is 14.8 Å². The summed E-state index contributed by atoms with van der Waals surface area (Å²) < 4.78 is 7.89. The fraction of sp³-hybridized carbons (Fsp3) is 0.300. The van der Waals surface area contributed by atoms with E-state index < -0.39 is 11.2 Å². The molecule has 27 heavy (non-hydrogen) atoms. The fourth-order valence-electron chi connectivity index (χ4n) is 3.05. The molecule has 1 N–H and O–H groups in total. The number of nitrogens with zero attached hydrogens (tertiary/aromatic N) is 3. The summed E-state index contributed by atoms with van der Waals surface area (Å²) in [6.07, 6.45) is 3.55. The largest absolute Gasteiger partial charge is 0.484 e. The van der Waals surface area contributed by atoms with Gasteiger partial charge >= 0.3 is 0 Å². The zero-order valence-corrected chi connectivity index (χ0v) is 16.7. The molecule has 0 aliphatic heterocycles. The Bertz CT molecular complexity index is 869. The van der Waals surface area contributed by atoms with Crippen molar-refractivity contribution >= 4 is 23.2 Å². The molecule has 0 bridgehead atoms. The summed E-state index contributed by atoms with van der Waals surface area (Å²) in [7, 11) is 0. The van der Waals surface area contributed by atoms with Crippen LogP contribution in [0.2, 0.25) is 10.0 Å². The van der Waals surface area contributed by atoms with Gasteiger partial charge in [-0.1, -0.05) is 42.3 Å². The maximum atomic E-state index is 11.9. The summed E-state index contributed by atoms with van der Waals surface area (Å²) in [4.78, 5) is 3.98. The van der Waals surface area contributed by atoms with E-state index in [1.807, 2.05) is 13.8 Å². The quantitative estimate of drug-likeness (QED) is 0.617. The number of halogens is 2. The number of hydrogen-bond acceptors (Lipinski definition) is 4. The summed E-state index contributed by atoms with van der Waals surface area (Å²) in [6, 6.07) is 14.2. The van der Waals surface area contributed by atoms with Crippen LogP contribution in [0, 0.1) is 0 Å². The summed E-state index contributed by atoms with van der Waals surface area (Å²) in [5, 5.41) is 17.3. The Kier molecular flexibility index (Phi) is 5.75. The summed E-state index contributed by atoms with van der Waals surface area (Å²) in [5.41, 5.74) is -1.67. The standard InChI is InChI=1S/C20H21Cl2N3O2/c1-3-19(2,27-18-10-8-17(22)9-11-18)20(26,12-25-14-23-13-24-25)15-4-6-16(21)7-5-15/h4-11,13-14,26H,3,12H2,1-2H3. The molecule has 3 aromatic rings. The molecule has 0 saturated heterocycles. The van der Waals surface area contributed by atoms with Gasteiger partial charge in [0.05, 0.1) is 6.54 Å². The molecule has 2 aromatic carbocycles. The van der Waals surface area contributed by atoms with Crippen LogP contribution >= 0.6 is 23.2 Å². The van der Waals surface area contributed by atoms with Crippen LogP contribution in [0.15, 0.2) is 61.2 Å². The molecule has 2 atom stereocenters. The van der Waals surface area contributed by atoms with Crippen LogP contribution in [-0.2, 0) is 12.1 Å². The minimum atomic E-state index is -1.39. The van der Waals surface area contributed by atoms with Crippen LogP contribution in [0.3, 0.4) is 0 Å². The highest BCUT2D eigenvalue weighted by atomic mass is 35.5. The molecule has 1 heterocycles. The van der Waals surface area contributed by atoms with Crippen LogP contribution in [0.4, 0.5) is 0 Å². The highest BCUT2D eigenvalue weighted by molar-refractivity contribution is 6.30. The van der Waals surface area contributed by atoms with E-state index in [0.717, 1.165) is 0 Å². The van der Waals surface area contributed by atoms with Crippen molar-refractivity contribution in [2.45, 2.75) is 38.0 Å². The molecule has 142 valence electrons. The second kappa shape index (κ2) is 7.89. The molecule has 7 heteroatoms. The van der Waals surface area contributed by atoms with Gasteiger partial charge in [0.15, 0.2) is 0 Å². The van der Waals surface area contributed by atoms with E-state index in [4.69, 9.17) is 27.9 Å². The predicted molar refractivity (Wildman–Crippen MR) is 106 cm³/mol. The smallest absolute Gasteiger partial charge is 0.148 e. The molecule has 0 aliphatic rings. The first-order chi connectivity index (χ1) is 12.9. The first kappa shape index (κ1) is 19.7. The zero-order chi connectivity index (χ0) is 19.5. The van der Waals surface area contributed by atoms with Gasteiger partial charge in [-0.05, 0) is 55.3 Å². The van der Waals surface area contributed by atoms with E-state index in [0.29, 0.717) is 27.8 Å². The van der Waals surface area contributed by atoms with Crippen LogP contribution in [-0.4, -0.2) is 25.5 Å². The van der Waals surface area contributed by atoms with Crippen LogP contribution in [0.1, 0.15) is 25.8 Å². The molecule has 0 aliphatic carbocycles. The van der Waals surface area contributed by atoms with Gasteiger partial charge in [0.2, 0.25) is 0 Å². The molecule has 2 unspecified atom stereocenters. The highest BCUT2D eigenvalue weighted by Gasteiger charge is 2.50. The van der Waals surface area contributed by atoms with Gasteiger partial charge in [-0.25, -0.2) is 9.67 Å². The Hall–Kier alpha value is -2.08. The third kappa shape index (κ3) is 4.10. The molecule has 0 amide bonds. The summed E-state index contributed by atoms with van der Waals surface area (Å²) >= 11 is 12.0. The third-order valence-corrected chi connectivity index (χ3v) is 5.39. The molecular formula is C20H21Cl2N3O2. The molecule has 5 nitrogen and oxygen atoms in total. The van der Waals surface area contributed by atoms with Crippen molar-refractivity contribution in [3.8, 4) is 5.75 Å². The first-order valence-electron chi connectivity index (χ1n) is 8.62. The van der Waals surface area contributed by atoms with Crippen molar-refractivity contribution < 1.29 is 9.84 Å². The topological polar surface area (TPSA) is 60.2 Å². The van der Waals surface area contributed by atoms with Gasteiger partial charge in [0.25, 0.3) is 0 Å². The normalized spacial score (nSPS) is 15.7. The molecule has 0 saturated carbocycles. The molecule has 0 radical (unpaired) electrons. The third-order valence-electron chi connectivity index (χ3n) is 4.89. The van der Waals surface area contributed by atoms with E-state index in [1.54, 1.807) is 59.5 Å². The van der Waals surface area contributed by atoms with Crippen molar-refractivity contribution in [3.05, 3.63) is 76.8 Å². The Balaban J connectivity index is 2.05. The average Bonchev–Trinajstić information content (AvgIpc) is 3.16. The van der Waals surface area contributed by atoms with E-state index in [9.17, 15) is 5.11 Å². The van der Waals surface area contributed by atoms with Gasteiger partial charge < -0.3 is 9.84 Å². The van der Waals surface area contributed by atoms with Crippen LogP contribution in [0.5, 0.6) is 5.75 Å². The number of ether oxygens (including phenoxy) is 1. The first-order valence-corrected chi connectivity index (χ1v) is 9.37. The van der Waals surface area contributed by atoms with E-state index in [2.05, 4.69) is 10.1 Å². The van der Waals surface area contributed by atoms with E-state index in [-0.39, 0.29) is 6.54 Å². The lowest BCUT2D eigenvalue weighted by Gasteiger charge is -2.44. The molecule has 1 aromatic heterocycles. The Morgan fingerprint density at radius 2 is 1.63 bits per heavy atom. The molecule has 0 fully saturated rings. The van der Waals surface area contributed by atoms with Crippen LogP contribution in [0.25, 0.3) is 0 Å². The van der Waals surface area contributed by atoms with Gasteiger partial charge in [-0.3, -0.25) is 0 Å². The van der Waals surface area contributed by atoms with Crippen LogP contribution < -0.4 is 4.74 Å². The number of aliphatic hydroxyl groups is 1. The van der Waals surface area contributed by atoms with Gasteiger partial charge in [-0.15, -0.1) is 0 Å². The van der Waals surface area contributed by atoms with E-state index in [1.165, 1.54) is 6.33 Å². The van der Waals surface area contributed by atoms with Gasteiger partial charge in [0.1, 0.15) is 29.6 Å². The van der Waals surface area contributed by atoms with Crippen molar-refractivity contribution in [2.75, 3.05) is 0 Å². The number of rotatable bonds is 7. The Morgan fingerprint density at radius 3 is 2.15 bits per heavy atom. The number of benzene rings is 2. The fourth-order valence-corrected chi connectivity index (χ4v) is 3.30. The summed E-state index contributed by atoms with van der Waals surface area (Å²) in [5.74, 6) is 0.620. The lowest BCUT2D eigenvalue weighted by molar-refractivity contribution is -0.145. The summed E-state index contributed by atoms with van der Waals surface area (Å²) in [6.45, 7) is 4.03. The maximum absolute atomic E-state index is 11.9. The van der Waals surface area contributed by atoms with Gasteiger partial charge in [-0.2, -0.15) is 5.10 Å².